The van der Waals surface area contributed by atoms with Gasteiger partial charge in [-0.15, -0.1) is 11.3 Å². The zero-order chi connectivity index (χ0) is 18.1. The lowest BCUT2D eigenvalue weighted by Crippen LogP contribution is -2.51. The molecule has 0 radical (unpaired) electrons. The maximum atomic E-state index is 13.0. The summed E-state index contributed by atoms with van der Waals surface area (Å²) in [5.74, 6) is 0.332. The van der Waals surface area contributed by atoms with Gasteiger partial charge in [-0.3, -0.25) is 9.89 Å². The highest BCUT2D eigenvalue weighted by atomic mass is 32.1. The Morgan fingerprint density at radius 3 is 3.15 bits per heavy atom. The van der Waals surface area contributed by atoms with Crippen LogP contribution in [-0.4, -0.2) is 43.7 Å². The van der Waals surface area contributed by atoms with E-state index in [2.05, 4.69) is 15.2 Å². The highest BCUT2D eigenvalue weighted by Crippen LogP contribution is 2.37. The van der Waals surface area contributed by atoms with Crippen molar-refractivity contribution in [2.24, 2.45) is 0 Å². The number of rotatable bonds is 4. The number of amides is 1. The Balaban J connectivity index is 1.53. The standard InChI is InChI=1S/C18H20N4O3S/c1-2-14-8-18(24,17-19-4-6-25-17)3-5-22(14)16(23)12-7-15(26-11-12)13-9-20-21-10-13/h4,6-7,9-11,14,24H,2-3,5,8H2,1H3,(H,20,21). The van der Waals surface area contributed by atoms with Gasteiger partial charge >= 0.3 is 0 Å². The number of aliphatic hydroxyl groups is 1. The molecule has 2 N–H and O–H groups in total. The Labute approximate surface area is 154 Å². The molecule has 3 aromatic heterocycles. The second-order valence-electron chi connectivity index (χ2n) is 6.57. The third kappa shape index (κ3) is 2.95. The molecule has 4 heterocycles. The molecule has 8 heteroatoms. The predicted octanol–water partition coefficient (Wildman–Crippen LogP) is 3.03. The lowest BCUT2D eigenvalue weighted by molar-refractivity contribution is -0.0618. The summed E-state index contributed by atoms with van der Waals surface area (Å²) in [6, 6.07) is 1.84. The van der Waals surface area contributed by atoms with Crippen LogP contribution in [0, 0.1) is 0 Å². The number of oxazole rings is 1. The van der Waals surface area contributed by atoms with Crippen molar-refractivity contribution < 1.29 is 14.3 Å². The smallest absolute Gasteiger partial charge is 0.254 e. The third-order valence-electron chi connectivity index (χ3n) is 4.97. The summed E-state index contributed by atoms with van der Waals surface area (Å²) in [6.07, 6.45) is 8.15. The van der Waals surface area contributed by atoms with Crippen molar-refractivity contribution in [3.8, 4) is 10.4 Å². The number of piperidine rings is 1. The highest BCUT2D eigenvalue weighted by molar-refractivity contribution is 7.13. The minimum Gasteiger partial charge on any atom is -0.446 e. The van der Waals surface area contributed by atoms with Crippen LogP contribution in [0.5, 0.6) is 0 Å². The number of aromatic nitrogens is 3. The number of carbonyl (C=O) groups excluding carboxylic acids is 1. The molecular weight excluding hydrogens is 352 g/mol. The van der Waals surface area contributed by atoms with E-state index in [1.165, 1.54) is 23.8 Å². The zero-order valence-electron chi connectivity index (χ0n) is 14.4. The Morgan fingerprint density at radius 2 is 2.46 bits per heavy atom. The largest absolute Gasteiger partial charge is 0.446 e. The molecule has 1 fully saturated rings. The number of thiophene rings is 1. The Morgan fingerprint density at radius 1 is 1.58 bits per heavy atom. The van der Waals surface area contributed by atoms with Crippen molar-refractivity contribution in [1.29, 1.82) is 0 Å². The van der Waals surface area contributed by atoms with E-state index in [-0.39, 0.29) is 11.9 Å². The predicted molar refractivity (Wildman–Crippen MR) is 96.7 cm³/mol. The third-order valence-corrected chi connectivity index (χ3v) is 5.95. The molecule has 0 aromatic carbocycles. The molecular formula is C18H20N4O3S. The summed E-state index contributed by atoms with van der Waals surface area (Å²) in [5, 5.41) is 19.6. The Kier molecular flexibility index (Phi) is 4.37. The fourth-order valence-corrected chi connectivity index (χ4v) is 4.39. The van der Waals surface area contributed by atoms with Crippen LogP contribution in [0.3, 0.4) is 0 Å². The van der Waals surface area contributed by atoms with Gasteiger partial charge in [-0.2, -0.15) is 5.10 Å². The van der Waals surface area contributed by atoms with Crippen molar-refractivity contribution in [2.75, 3.05) is 6.54 Å². The summed E-state index contributed by atoms with van der Waals surface area (Å²) in [4.78, 5) is 20.0. The van der Waals surface area contributed by atoms with E-state index < -0.39 is 5.60 Å². The second kappa shape index (κ2) is 6.69. The van der Waals surface area contributed by atoms with E-state index in [0.29, 0.717) is 30.8 Å². The summed E-state index contributed by atoms with van der Waals surface area (Å²) in [5.41, 5.74) is 0.529. The molecule has 1 aliphatic rings. The minimum absolute atomic E-state index is 0.00250. The van der Waals surface area contributed by atoms with Gasteiger partial charge in [0.15, 0.2) is 0 Å². The first-order valence-electron chi connectivity index (χ1n) is 8.62. The SMILES string of the molecule is CCC1CC(O)(c2ncco2)CCN1C(=O)c1csc(-c2cn[nH]c2)c1. The van der Waals surface area contributed by atoms with Crippen LogP contribution in [0.4, 0.5) is 0 Å². The van der Waals surface area contributed by atoms with Crippen LogP contribution in [-0.2, 0) is 5.60 Å². The molecule has 2 unspecified atom stereocenters. The monoisotopic (exact) mass is 372 g/mol. The zero-order valence-corrected chi connectivity index (χ0v) is 15.2. The fourth-order valence-electron chi connectivity index (χ4n) is 3.52. The molecule has 2 atom stereocenters. The number of aromatic amines is 1. The molecule has 26 heavy (non-hydrogen) atoms. The van der Waals surface area contributed by atoms with Crippen molar-refractivity contribution in [3.63, 3.8) is 0 Å². The first kappa shape index (κ1) is 17.0. The molecule has 0 bridgehead atoms. The molecule has 3 aromatic rings. The first-order chi connectivity index (χ1) is 12.6. The van der Waals surface area contributed by atoms with E-state index in [1.54, 1.807) is 6.20 Å². The van der Waals surface area contributed by atoms with Crippen LogP contribution in [0.2, 0.25) is 0 Å². The summed E-state index contributed by atoms with van der Waals surface area (Å²) >= 11 is 1.52. The van der Waals surface area contributed by atoms with Gasteiger partial charge in [0, 0.05) is 47.4 Å². The second-order valence-corrected chi connectivity index (χ2v) is 7.48. The fraction of sp³-hybridized carbons (Fsp3) is 0.389. The number of nitrogens with one attached hydrogen (secondary N) is 1. The van der Waals surface area contributed by atoms with Crippen molar-refractivity contribution in [2.45, 2.75) is 37.8 Å². The summed E-state index contributed by atoms with van der Waals surface area (Å²) < 4.78 is 5.32. The van der Waals surface area contributed by atoms with E-state index in [0.717, 1.165) is 16.9 Å². The minimum atomic E-state index is -1.11. The molecule has 1 saturated heterocycles. The van der Waals surface area contributed by atoms with Crippen LogP contribution < -0.4 is 0 Å². The average molecular weight is 372 g/mol. The van der Waals surface area contributed by atoms with Gasteiger partial charge < -0.3 is 14.4 Å². The average Bonchev–Trinajstić information content (AvgIpc) is 3.42. The van der Waals surface area contributed by atoms with E-state index >= 15 is 0 Å². The number of likely N-dealkylation sites (tertiary alicyclic amines) is 1. The quantitative estimate of drug-likeness (QED) is 0.734. The van der Waals surface area contributed by atoms with Gasteiger partial charge in [0.1, 0.15) is 11.9 Å². The summed E-state index contributed by atoms with van der Waals surface area (Å²) in [6.45, 7) is 2.49. The van der Waals surface area contributed by atoms with Gasteiger partial charge in [-0.05, 0) is 12.5 Å². The van der Waals surface area contributed by atoms with Gasteiger partial charge in [-0.25, -0.2) is 4.98 Å². The molecule has 1 amide bonds. The molecule has 1 aliphatic heterocycles. The van der Waals surface area contributed by atoms with Gasteiger partial charge in [0.05, 0.1) is 18.0 Å². The van der Waals surface area contributed by atoms with Crippen LogP contribution in [0.25, 0.3) is 10.4 Å². The lowest BCUT2D eigenvalue weighted by Gasteiger charge is -2.42. The molecule has 0 aliphatic carbocycles. The number of H-pyrrole nitrogens is 1. The topological polar surface area (TPSA) is 95.2 Å². The van der Waals surface area contributed by atoms with Gasteiger partial charge in [0.2, 0.25) is 5.89 Å². The Hall–Kier alpha value is -2.45. The van der Waals surface area contributed by atoms with Crippen molar-refractivity contribution in [1.82, 2.24) is 20.1 Å². The first-order valence-corrected chi connectivity index (χ1v) is 9.49. The van der Waals surface area contributed by atoms with E-state index in [9.17, 15) is 9.90 Å². The van der Waals surface area contributed by atoms with Crippen LogP contribution in [0.15, 0.2) is 40.7 Å². The molecule has 7 nitrogen and oxygen atoms in total. The van der Waals surface area contributed by atoms with Gasteiger partial charge in [0.25, 0.3) is 5.91 Å². The summed E-state index contributed by atoms with van der Waals surface area (Å²) in [7, 11) is 0. The molecule has 4 rings (SSSR count). The maximum absolute atomic E-state index is 13.0. The molecule has 136 valence electrons. The lowest BCUT2D eigenvalue weighted by atomic mass is 9.85. The van der Waals surface area contributed by atoms with Crippen molar-refractivity contribution >= 4 is 17.2 Å². The molecule has 0 saturated carbocycles. The Bertz CT molecular complexity index is 874. The van der Waals surface area contributed by atoms with E-state index in [4.69, 9.17) is 4.42 Å². The normalized spacial score (nSPS) is 23.3. The highest BCUT2D eigenvalue weighted by Gasteiger charge is 2.43. The van der Waals surface area contributed by atoms with E-state index in [1.807, 2.05) is 29.5 Å². The number of hydrogen-bond donors (Lipinski definition) is 2. The number of carbonyl (C=O) groups is 1. The van der Waals surface area contributed by atoms with Gasteiger partial charge in [-0.1, -0.05) is 6.92 Å². The number of hydrogen-bond acceptors (Lipinski definition) is 6. The van der Waals surface area contributed by atoms with Crippen LogP contribution >= 0.6 is 11.3 Å². The number of nitrogens with zero attached hydrogens (tertiary/aromatic N) is 3. The maximum Gasteiger partial charge on any atom is 0.254 e. The van der Waals surface area contributed by atoms with Crippen molar-refractivity contribution in [3.05, 3.63) is 47.8 Å². The van der Waals surface area contributed by atoms with Crippen LogP contribution in [0.1, 0.15) is 42.4 Å². The molecule has 0 spiro atoms.